The van der Waals surface area contributed by atoms with Crippen molar-refractivity contribution in [1.29, 1.82) is 0 Å². The van der Waals surface area contributed by atoms with E-state index in [1.807, 2.05) is 0 Å². The minimum Gasteiger partial charge on any atom is -0.403 e. The first-order valence-corrected chi connectivity index (χ1v) is 11.0. The lowest BCUT2D eigenvalue weighted by atomic mass is 9.86. The summed E-state index contributed by atoms with van der Waals surface area (Å²) in [5.74, 6) is 0.351. The first-order valence-electron chi connectivity index (χ1n) is 9.49. The lowest BCUT2D eigenvalue weighted by Crippen LogP contribution is -2.42. The van der Waals surface area contributed by atoms with Crippen molar-refractivity contribution in [3.8, 4) is 11.5 Å². The second-order valence-corrected chi connectivity index (χ2v) is 10.8. The molecule has 0 atom stereocenters. The molecule has 0 spiro atoms. The number of sulfonamides is 1. The standard InChI is InChI=1S/C19H27FN4O3S/c1-19(2,3)28(25,26)21-12-13-4-10-16(11-5-13)22-18-24-23-17(27-18)14-6-8-15(20)9-7-14/h6-9,13,16,21H,4-5,10-12H2,1-3H3,(H,22,24)/t13-,16-. The van der Waals surface area contributed by atoms with Crippen molar-refractivity contribution in [2.45, 2.75) is 57.2 Å². The van der Waals surface area contributed by atoms with Gasteiger partial charge in [-0.25, -0.2) is 17.5 Å². The first-order chi connectivity index (χ1) is 13.1. The van der Waals surface area contributed by atoms with E-state index in [0.29, 0.717) is 29.9 Å². The molecule has 7 nitrogen and oxygen atoms in total. The second-order valence-electron chi connectivity index (χ2n) is 8.25. The predicted octanol–water partition coefficient (Wildman–Crippen LogP) is 3.56. The Labute approximate surface area is 165 Å². The highest BCUT2D eigenvalue weighted by molar-refractivity contribution is 7.90. The number of nitrogens with zero attached hydrogens (tertiary/aromatic N) is 2. The quantitative estimate of drug-likeness (QED) is 0.756. The number of hydrogen-bond donors (Lipinski definition) is 2. The summed E-state index contributed by atoms with van der Waals surface area (Å²) in [5, 5.41) is 11.3. The van der Waals surface area contributed by atoms with Crippen LogP contribution in [0, 0.1) is 11.7 Å². The van der Waals surface area contributed by atoms with Gasteiger partial charge in [0.25, 0.3) is 0 Å². The van der Waals surface area contributed by atoms with Gasteiger partial charge >= 0.3 is 6.01 Å². The van der Waals surface area contributed by atoms with Gasteiger partial charge in [-0.15, -0.1) is 5.10 Å². The number of nitrogens with one attached hydrogen (secondary N) is 2. The molecule has 0 bridgehead atoms. The van der Waals surface area contributed by atoms with Crippen molar-refractivity contribution >= 4 is 16.0 Å². The second kappa shape index (κ2) is 8.16. The van der Waals surface area contributed by atoms with Crippen LogP contribution in [0.2, 0.25) is 0 Å². The summed E-state index contributed by atoms with van der Waals surface area (Å²) >= 11 is 0. The monoisotopic (exact) mass is 410 g/mol. The van der Waals surface area contributed by atoms with Gasteiger partial charge in [-0.1, -0.05) is 5.10 Å². The summed E-state index contributed by atoms with van der Waals surface area (Å²) in [7, 11) is -3.31. The fourth-order valence-corrected chi connectivity index (χ4v) is 4.01. The van der Waals surface area contributed by atoms with Gasteiger partial charge < -0.3 is 9.73 Å². The highest BCUT2D eigenvalue weighted by atomic mass is 32.2. The van der Waals surface area contributed by atoms with E-state index in [1.54, 1.807) is 32.9 Å². The van der Waals surface area contributed by atoms with Crippen LogP contribution in [0.1, 0.15) is 46.5 Å². The maximum atomic E-state index is 13.0. The summed E-state index contributed by atoms with van der Waals surface area (Å²) in [6.07, 6.45) is 3.64. The summed E-state index contributed by atoms with van der Waals surface area (Å²) in [4.78, 5) is 0. The Hall–Kier alpha value is -2.00. The largest absolute Gasteiger partial charge is 0.403 e. The molecule has 0 unspecified atom stereocenters. The number of halogens is 1. The minimum absolute atomic E-state index is 0.206. The van der Waals surface area contributed by atoms with Crippen molar-refractivity contribution in [3.63, 3.8) is 0 Å². The van der Waals surface area contributed by atoms with Crippen LogP contribution in [0.4, 0.5) is 10.4 Å². The molecule has 0 aliphatic heterocycles. The topological polar surface area (TPSA) is 97.1 Å². The van der Waals surface area contributed by atoms with E-state index >= 15 is 0 Å². The summed E-state index contributed by atoms with van der Waals surface area (Å²) in [5.41, 5.74) is 0.664. The molecule has 2 N–H and O–H groups in total. The van der Waals surface area contributed by atoms with Gasteiger partial charge in [0.2, 0.25) is 15.9 Å². The van der Waals surface area contributed by atoms with Crippen LogP contribution in [-0.2, 0) is 10.0 Å². The fraction of sp³-hybridized carbons (Fsp3) is 0.579. The van der Waals surface area contributed by atoms with E-state index in [2.05, 4.69) is 20.2 Å². The molecule has 0 radical (unpaired) electrons. The Morgan fingerprint density at radius 1 is 1.11 bits per heavy atom. The van der Waals surface area contributed by atoms with Gasteiger partial charge in [-0.05, 0) is 76.6 Å². The number of rotatable bonds is 6. The van der Waals surface area contributed by atoms with Gasteiger partial charge in [-0.2, -0.15) is 0 Å². The van der Waals surface area contributed by atoms with Gasteiger partial charge in [0.1, 0.15) is 5.82 Å². The maximum Gasteiger partial charge on any atom is 0.315 e. The highest BCUT2D eigenvalue weighted by Crippen LogP contribution is 2.27. The Kier molecular flexibility index (Phi) is 6.04. The third-order valence-corrected chi connectivity index (χ3v) is 7.22. The van der Waals surface area contributed by atoms with Crippen LogP contribution in [0.5, 0.6) is 0 Å². The molecule has 1 aromatic heterocycles. The normalized spacial score (nSPS) is 20.9. The molecule has 1 fully saturated rings. The SMILES string of the molecule is CC(C)(C)S(=O)(=O)NC[C@H]1CC[C@H](Nc2nnc(-c3ccc(F)cc3)o2)CC1. The number of hydrogen-bond acceptors (Lipinski definition) is 6. The lowest BCUT2D eigenvalue weighted by molar-refractivity contribution is 0.333. The summed E-state index contributed by atoms with van der Waals surface area (Å²) in [6, 6.07) is 6.43. The van der Waals surface area contributed by atoms with Crippen molar-refractivity contribution in [1.82, 2.24) is 14.9 Å². The van der Waals surface area contributed by atoms with Crippen LogP contribution in [0.15, 0.2) is 28.7 Å². The molecule has 3 rings (SSSR count). The van der Waals surface area contributed by atoms with Crippen molar-refractivity contribution in [2.75, 3.05) is 11.9 Å². The van der Waals surface area contributed by atoms with Gasteiger partial charge in [-0.3, -0.25) is 0 Å². The van der Waals surface area contributed by atoms with E-state index in [0.717, 1.165) is 25.7 Å². The van der Waals surface area contributed by atoms with Crippen LogP contribution >= 0.6 is 0 Å². The van der Waals surface area contributed by atoms with E-state index in [9.17, 15) is 12.8 Å². The van der Waals surface area contributed by atoms with Crippen molar-refractivity contribution < 1.29 is 17.2 Å². The molecular formula is C19H27FN4O3S. The molecule has 154 valence electrons. The molecule has 1 saturated carbocycles. The molecule has 1 heterocycles. The zero-order valence-electron chi connectivity index (χ0n) is 16.4. The summed E-state index contributed by atoms with van der Waals surface area (Å²) in [6.45, 7) is 5.56. The zero-order valence-corrected chi connectivity index (χ0v) is 17.2. The molecule has 1 aromatic carbocycles. The number of benzene rings is 1. The van der Waals surface area contributed by atoms with E-state index in [1.165, 1.54) is 12.1 Å². The summed E-state index contributed by atoms with van der Waals surface area (Å²) < 4.78 is 44.9. The van der Waals surface area contributed by atoms with E-state index in [4.69, 9.17) is 4.42 Å². The predicted molar refractivity (Wildman–Crippen MR) is 106 cm³/mol. The van der Waals surface area contributed by atoms with Crippen LogP contribution in [0.3, 0.4) is 0 Å². The molecule has 9 heteroatoms. The highest BCUT2D eigenvalue weighted by Gasteiger charge is 2.30. The van der Waals surface area contributed by atoms with Gasteiger partial charge in [0, 0.05) is 18.2 Å². The Balaban J connectivity index is 1.48. The van der Waals surface area contributed by atoms with Crippen molar-refractivity contribution in [3.05, 3.63) is 30.1 Å². The molecule has 1 aliphatic carbocycles. The molecule has 28 heavy (non-hydrogen) atoms. The van der Waals surface area contributed by atoms with Gasteiger partial charge in [0.05, 0.1) is 4.75 Å². The Morgan fingerprint density at radius 3 is 2.36 bits per heavy atom. The van der Waals surface area contributed by atoms with Crippen LogP contribution in [-0.4, -0.2) is 35.9 Å². The van der Waals surface area contributed by atoms with Crippen LogP contribution < -0.4 is 10.0 Å². The maximum absolute atomic E-state index is 13.0. The average Bonchev–Trinajstić information content (AvgIpc) is 3.09. The van der Waals surface area contributed by atoms with Crippen LogP contribution in [0.25, 0.3) is 11.5 Å². The molecule has 1 aliphatic rings. The Bertz CT molecular complexity index is 883. The molecule has 2 aromatic rings. The molecular weight excluding hydrogens is 383 g/mol. The minimum atomic E-state index is -3.31. The van der Waals surface area contributed by atoms with Crippen molar-refractivity contribution in [2.24, 2.45) is 5.92 Å². The van der Waals surface area contributed by atoms with E-state index in [-0.39, 0.29) is 11.9 Å². The fourth-order valence-electron chi connectivity index (χ4n) is 3.12. The first kappa shape index (κ1) is 20.7. The lowest BCUT2D eigenvalue weighted by Gasteiger charge is -2.29. The third-order valence-electron chi connectivity index (χ3n) is 5.06. The zero-order chi connectivity index (χ0) is 20.4. The molecule has 0 saturated heterocycles. The molecule has 0 amide bonds. The Morgan fingerprint density at radius 2 is 1.75 bits per heavy atom. The third kappa shape index (κ3) is 5.08. The number of anilines is 1. The van der Waals surface area contributed by atoms with Gasteiger partial charge in [0.15, 0.2) is 0 Å². The smallest absolute Gasteiger partial charge is 0.315 e. The average molecular weight is 411 g/mol. The van der Waals surface area contributed by atoms with E-state index < -0.39 is 14.8 Å². The number of aromatic nitrogens is 2.